The Labute approximate surface area is 132 Å². The number of methoxy groups -OCH3 is 1. The van der Waals surface area contributed by atoms with E-state index in [1.54, 1.807) is 18.2 Å². The van der Waals surface area contributed by atoms with Gasteiger partial charge in [-0.2, -0.15) is 5.26 Å². The second-order valence-electron chi connectivity index (χ2n) is 6.02. The van der Waals surface area contributed by atoms with Gasteiger partial charge in [0.25, 0.3) is 0 Å². The quantitative estimate of drug-likeness (QED) is 0.890. The lowest BCUT2D eigenvalue weighted by Crippen LogP contribution is -2.27. The van der Waals surface area contributed by atoms with Crippen LogP contribution in [0.15, 0.2) is 18.2 Å². The molecule has 1 aromatic carbocycles. The SMILES string of the molecule is CCCC1CCC(C(=O)Nc2ccc(OC)c(C#N)c2)CC1. The number of carbonyl (C=O) groups is 1. The number of nitrogens with one attached hydrogen (secondary N) is 1. The molecule has 0 radical (unpaired) electrons. The lowest BCUT2D eigenvalue weighted by atomic mass is 9.80. The number of benzene rings is 1. The molecule has 1 fully saturated rings. The fourth-order valence-corrected chi connectivity index (χ4v) is 3.24. The van der Waals surface area contributed by atoms with E-state index < -0.39 is 0 Å². The van der Waals surface area contributed by atoms with Crippen LogP contribution in [0, 0.1) is 23.2 Å². The van der Waals surface area contributed by atoms with Crippen LogP contribution in [0.4, 0.5) is 5.69 Å². The van der Waals surface area contributed by atoms with Crippen molar-refractivity contribution in [1.29, 1.82) is 5.26 Å². The van der Waals surface area contributed by atoms with E-state index in [0.717, 1.165) is 31.6 Å². The smallest absolute Gasteiger partial charge is 0.227 e. The number of hydrogen-bond donors (Lipinski definition) is 1. The first-order valence-electron chi connectivity index (χ1n) is 8.07. The molecule has 4 heteroatoms. The van der Waals surface area contributed by atoms with Gasteiger partial charge in [-0.1, -0.05) is 19.8 Å². The molecule has 1 aliphatic rings. The van der Waals surface area contributed by atoms with Crippen LogP contribution in [-0.2, 0) is 4.79 Å². The molecule has 0 bridgehead atoms. The van der Waals surface area contributed by atoms with Gasteiger partial charge in [-0.15, -0.1) is 0 Å². The zero-order valence-electron chi connectivity index (χ0n) is 13.4. The molecule has 1 aliphatic carbocycles. The number of ether oxygens (including phenoxy) is 1. The van der Waals surface area contributed by atoms with Crippen molar-refractivity contribution >= 4 is 11.6 Å². The summed E-state index contributed by atoms with van der Waals surface area (Å²) in [7, 11) is 1.53. The number of amides is 1. The number of carbonyl (C=O) groups excluding carboxylic acids is 1. The summed E-state index contributed by atoms with van der Waals surface area (Å²) in [6.45, 7) is 2.22. The third-order valence-corrected chi connectivity index (χ3v) is 4.50. The number of anilines is 1. The summed E-state index contributed by atoms with van der Waals surface area (Å²) in [6, 6.07) is 7.24. The average Bonchev–Trinajstić information content (AvgIpc) is 2.55. The molecule has 0 saturated heterocycles. The molecule has 1 N–H and O–H groups in total. The van der Waals surface area contributed by atoms with Gasteiger partial charge in [-0.25, -0.2) is 0 Å². The van der Waals surface area contributed by atoms with Crippen molar-refractivity contribution in [2.24, 2.45) is 11.8 Å². The first-order chi connectivity index (χ1) is 10.7. The molecule has 0 unspecified atom stereocenters. The van der Waals surface area contributed by atoms with E-state index in [-0.39, 0.29) is 11.8 Å². The fourth-order valence-electron chi connectivity index (χ4n) is 3.24. The highest BCUT2D eigenvalue weighted by atomic mass is 16.5. The Hall–Kier alpha value is -2.02. The Morgan fingerprint density at radius 1 is 1.36 bits per heavy atom. The number of nitrogens with zero attached hydrogens (tertiary/aromatic N) is 1. The minimum absolute atomic E-state index is 0.0732. The third-order valence-electron chi connectivity index (χ3n) is 4.50. The Kier molecular flexibility index (Phi) is 5.83. The van der Waals surface area contributed by atoms with Crippen molar-refractivity contribution in [2.75, 3.05) is 12.4 Å². The predicted molar refractivity (Wildman–Crippen MR) is 86.7 cm³/mol. The maximum atomic E-state index is 12.4. The second-order valence-corrected chi connectivity index (χ2v) is 6.02. The minimum Gasteiger partial charge on any atom is -0.495 e. The number of hydrogen-bond acceptors (Lipinski definition) is 3. The molecule has 0 aliphatic heterocycles. The van der Waals surface area contributed by atoms with Gasteiger partial charge < -0.3 is 10.1 Å². The monoisotopic (exact) mass is 300 g/mol. The van der Waals surface area contributed by atoms with E-state index in [9.17, 15) is 4.79 Å². The topological polar surface area (TPSA) is 62.1 Å². The molecule has 22 heavy (non-hydrogen) atoms. The van der Waals surface area contributed by atoms with E-state index in [0.29, 0.717) is 17.0 Å². The molecular formula is C18H24N2O2. The Balaban J connectivity index is 1.94. The van der Waals surface area contributed by atoms with Crippen LogP contribution in [0.3, 0.4) is 0 Å². The molecule has 0 aromatic heterocycles. The second kappa shape index (κ2) is 7.84. The fraction of sp³-hybridized carbons (Fsp3) is 0.556. The van der Waals surface area contributed by atoms with Crippen molar-refractivity contribution in [3.05, 3.63) is 23.8 Å². The van der Waals surface area contributed by atoms with E-state index >= 15 is 0 Å². The zero-order chi connectivity index (χ0) is 15.9. The molecule has 118 valence electrons. The van der Waals surface area contributed by atoms with Crippen LogP contribution < -0.4 is 10.1 Å². The van der Waals surface area contributed by atoms with Gasteiger partial charge in [0, 0.05) is 11.6 Å². The van der Waals surface area contributed by atoms with Crippen molar-refractivity contribution in [2.45, 2.75) is 45.4 Å². The summed E-state index contributed by atoms with van der Waals surface area (Å²) in [5.74, 6) is 1.49. The van der Waals surface area contributed by atoms with Gasteiger partial charge in [-0.05, 0) is 49.8 Å². The molecule has 1 amide bonds. The van der Waals surface area contributed by atoms with Crippen LogP contribution in [0.25, 0.3) is 0 Å². The lowest BCUT2D eigenvalue weighted by Gasteiger charge is -2.27. The summed E-state index contributed by atoms with van der Waals surface area (Å²) in [5, 5.41) is 12.0. The van der Waals surface area contributed by atoms with Gasteiger partial charge in [0.05, 0.1) is 12.7 Å². The standard InChI is InChI=1S/C18H24N2O2/c1-3-4-13-5-7-14(8-6-13)18(21)20-16-9-10-17(22-2)15(11-16)12-19/h9-11,13-14H,3-8H2,1-2H3,(H,20,21). The van der Waals surface area contributed by atoms with E-state index in [1.807, 2.05) is 0 Å². The van der Waals surface area contributed by atoms with Crippen molar-refractivity contribution < 1.29 is 9.53 Å². The zero-order valence-corrected chi connectivity index (χ0v) is 13.4. The molecule has 1 saturated carbocycles. The molecule has 4 nitrogen and oxygen atoms in total. The van der Waals surface area contributed by atoms with Crippen molar-refractivity contribution in [1.82, 2.24) is 0 Å². The normalized spacial score (nSPS) is 21.0. The molecule has 0 heterocycles. The maximum absolute atomic E-state index is 12.4. The number of rotatable bonds is 5. The number of nitriles is 1. The highest BCUT2D eigenvalue weighted by Gasteiger charge is 2.25. The summed E-state index contributed by atoms with van der Waals surface area (Å²) >= 11 is 0. The first kappa shape index (κ1) is 16.4. The van der Waals surface area contributed by atoms with E-state index in [1.165, 1.54) is 20.0 Å². The van der Waals surface area contributed by atoms with Crippen molar-refractivity contribution in [3.63, 3.8) is 0 Å². The molecule has 2 rings (SSSR count). The van der Waals surface area contributed by atoms with Crippen LogP contribution in [0.2, 0.25) is 0 Å². The van der Waals surface area contributed by atoms with Gasteiger partial charge in [0.15, 0.2) is 0 Å². The third kappa shape index (κ3) is 4.00. The Morgan fingerprint density at radius 3 is 2.68 bits per heavy atom. The Morgan fingerprint density at radius 2 is 2.09 bits per heavy atom. The molecule has 0 atom stereocenters. The van der Waals surface area contributed by atoms with Crippen LogP contribution in [0.5, 0.6) is 5.75 Å². The van der Waals surface area contributed by atoms with Crippen molar-refractivity contribution in [3.8, 4) is 11.8 Å². The average molecular weight is 300 g/mol. The summed E-state index contributed by atoms with van der Waals surface area (Å²) < 4.78 is 5.11. The highest BCUT2D eigenvalue weighted by molar-refractivity contribution is 5.92. The van der Waals surface area contributed by atoms with Crippen LogP contribution >= 0.6 is 0 Å². The summed E-state index contributed by atoms with van der Waals surface area (Å²) in [4.78, 5) is 12.4. The van der Waals surface area contributed by atoms with Gasteiger partial charge in [0.2, 0.25) is 5.91 Å². The van der Waals surface area contributed by atoms with Crippen LogP contribution in [-0.4, -0.2) is 13.0 Å². The van der Waals surface area contributed by atoms with Crippen LogP contribution in [0.1, 0.15) is 51.0 Å². The van der Waals surface area contributed by atoms with Gasteiger partial charge in [-0.3, -0.25) is 4.79 Å². The summed E-state index contributed by atoms with van der Waals surface area (Å²) in [5.41, 5.74) is 1.10. The highest BCUT2D eigenvalue weighted by Crippen LogP contribution is 2.32. The molecular weight excluding hydrogens is 276 g/mol. The maximum Gasteiger partial charge on any atom is 0.227 e. The lowest BCUT2D eigenvalue weighted by molar-refractivity contribution is -0.121. The van der Waals surface area contributed by atoms with Gasteiger partial charge in [0.1, 0.15) is 11.8 Å². The summed E-state index contributed by atoms with van der Waals surface area (Å²) in [6.07, 6.45) is 6.74. The minimum atomic E-state index is 0.0732. The molecule has 1 aromatic rings. The predicted octanol–water partition coefficient (Wildman–Crippen LogP) is 4.11. The first-order valence-corrected chi connectivity index (χ1v) is 8.07. The molecule has 0 spiro atoms. The van der Waals surface area contributed by atoms with E-state index in [2.05, 4.69) is 18.3 Å². The Bertz CT molecular complexity index is 555. The van der Waals surface area contributed by atoms with E-state index in [4.69, 9.17) is 10.00 Å². The largest absolute Gasteiger partial charge is 0.495 e. The van der Waals surface area contributed by atoms with Gasteiger partial charge >= 0.3 is 0 Å².